The average Bonchev–Trinajstić information content (AvgIpc) is 2.56. The zero-order valence-electron chi connectivity index (χ0n) is 9.11. The number of rotatable bonds is 2. The van der Waals surface area contributed by atoms with E-state index in [0.717, 1.165) is 5.56 Å². The van der Waals surface area contributed by atoms with Gasteiger partial charge in [-0.2, -0.15) is 0 Å². The molecule has 0 radical (unpaired) electrons. The molecule has 0 saturated carbocycles. The van der Waals surface area contributed by atoms with Gasteiger partial charge in [0.2, 0.25) is 0 Å². The SMILES string of the molecule is CCOC(=O)c1oc2cc(C)ccc2c1O. The van der Waals surface area contributed by atoms with Crippen molar-refractivity contribution in [2.24, 2.45) is 0 Å². The van der Waals surface area contributed by atoms with Gasteiger partial charge < -0.3 is 14.3 Å². The second kappa shape index (κ2) is 3.89. The van der Waals surface area contributed by atoms with Gasteiger partial charge in [-0.25, -0.2) is 4.79 Å². The molecule has 1 aromatic heterocycles. The van der Waals surface area contributed by atoms with Crippen molar-refractivity contribution in [2.75, 3.05) is 6.61 Å². The first-order valence-electron chi connectivity index (χ1n) is 5.02. The third-order valence-corrected chi connectivity index (χ3v) is 2.28. The van der Waals surface area contributed by atoms with Gasteiger partial charge in [-0.05, 0) is 31.5 Å². The van der Waals surface area contributed by atoms with E-state index in [1.54, 1.807) is 19.1 Å². The van der Waals surface area contributed by atoms with Crippen LogP contribution in [0.2, 0.25) is 0 Å². The minimum Gasteiger partial charge on any atom is -0.504 e. The van der Waals surface area contributed by atoms with E-state index < -0.39 is 5.97 Å². The van der Waals surface area contributed by atoms with Crippen LogP contribution in [0, 0.1) is 6.92 Å². The summed E-state index contributed by atoms with van der Waals surface area (Å²) in [7, 11) is 0. The van der Waals surface area contributed by atoms with Crippen LogP contribution < -0.4 is 0 Å². The smallest absolute Gasteiger partial charge is 0.378 e. The van der Waals surface area contributed by atoms with Crippen molar-refractivity contribution in [3.05, 3.63) is 29.5 Å². The summed E-state index contributed by atoms with van der Waals surface area (Å²) in [6, 6.07) is 5.32. The van der Waals surface area contributed by atoms with Crippen molar-refractivity contribution < 1.29 is 19.1 Å². The van der Waals surface area contributed by atoms with Gasteiger partial charge >= 0.3 is 5.97 Å². The molecule has 16 heavy (non-hydrogen) atoms. The molecular weight excluding hydrogens is 208 g/mol. The molecule has 4 heteroatoms. The molecule has 0 spiro atoms. The first kappa shape index (κ1) is 10.5. The van der Waals surface area contributed by atoms with Gasteiger partial charge in [0.1, 0.15) is 5.58 Å². The zero-order valence-corrected chi connectivity index (χ0v) is 9.11. The Morgan fingerprint density at radius 3 is 2.94 bits per heavy atom. The van der Waals surface area contributed by atoms with Crippen molar-refractivity contribution in [3.63, 3.8) is 0 Å². The number of furan rings is 1. The van der Waals surface area contributed by atoms with E-state index in [9.17, 15) is 9.90 Å². The summed E-state index contributed by atoms with van der Waals surface area (Å²) in [6.45, 7) is 3.85. The number of ether oxygens (including phenoxy) is 1. The standard InChI is InChI=1S/C12H12O4/c1-3-15-12(14)11-10(13)8-5-4-7(2)6-9(8)16-11/h4-6,13H,3H2,1-2H3. The lowest BCUT2D eigenvalue weighted by atomic mass is 10.2. The van der Waals surface area contributed by atoms with Crippen LogP contribution in [0.1, 0.15) is 23.0 Å². The van der Waals surface area contributed by atoms with Gasteiger partial charge in [0, 0.05) is 0 Å². The van der Waals surface area contributed by atoms with Crippen LogP contribution in [-0.4, -0.2) is 17.7 Å². The van der Waals surface area contributed by atoms with Crippen LogP contribution in [0.15, 0.2) is 22.6 Å². The van der Waals surface area contributed by atoms with E-state index in [0.29, 0.717) is 11.0 Å². The van der Waals surface area contributed by atoms with E-state index in [4.69, 9.17) is 9.15 Å². The molecule has 84 valence electrons. The van der Waals surface area contributed by atoms with Crippen molar-refractivity contribution >= 4 is 16.9 Å². The maximum absolute atomic E-state index is 11.4. The maximum Gasteiger partial charge on any atom is 0.378 e. The molecule has 0 amide bonds. The molecular formula is C12H12O4. The Hall–Kier alpha value is -1.97. The number of carbonyl (C=O) groups is 1. The first-order valence-corrected chi connectivity index (χ1v) is 5.02. The third kappa shape index (κ3) is 1.62. The normalized spacial score (nSPS) is 10.6. The highest BCUT2D eigenvalue weighted by molar-refractivity contribution is 5.98. The highest BCUT2D eigenvalue weighted by Crippen LogP contribution is 2.32. The number of aromatic hydroxyl groups is 1. The highest BCUT2D eigenvalue weighted by Gasteiger charge is 2.20. The average molecular weight is 220 g/mol. The molecule has 0 aliphatic carbocycles. The van der Waals surface area contributed by atoms with Crippen LogP contribution in [0.3, 0.4) is 0 Å². The van der Waals surface area contributed by atoms with Crippen molar-refractivity contribution in [1.29, 1.82) is 0 Å². The fourth-order valence-electron chi connectivity index (χ4n) is 1.53. The van der Waals surface area contributed by atoms with Gasteiger partial charge in [0.05, 0.1) is 12.0 Å². The van der Waals surface area contributed by atoms with Crippen molar-refractivity contribution in [3.8, 4) is 5.75 Å². The molecule has 0 aliphatic rings. The summed E-state index contributed by atoms with van der Waals surface area (Å²) in [6.07, 6.45) is 0. The highest BCUT2D eigenvalue weighted by atomic mass is 16.5. The Balaban J connectivity index is 2.55. The molecule has 0 saturated heterocycles. The number of carbonyl (C=O) groups excluding carboxylic acids is 1. The second-order valence-electron chi connectivity index (χ2n) is 3.50. The van der Waals surface area contributed by atoms with Crippen LogP contribution in [0.5, 0.6) is 5.75 Å². The summed E-state index contributed by atoms with van der Waals surface area (Å²) < 4.78 is 10.0. The van der Waals surface area contributed by atoms with Gasteiger partial charge in [-0.15, -0.1) is 0 Å². The number of fused-ring (bicyclic) bond motifs is 1. The number of hydrogen-bond donors (Lipinski definition) is 1. The molecule has 0 bridgehead atoms. The molecule has 0 atom stereocenters. The van der Waals surface area contributed by atoms with Gasteiger partial charge in [0.15, 0.2) is 5.75 Å². The fourth-order valence-corrected chi connectivity index (χ4v) is 1.53. The lowest BCUT2D eigenvalue weighted by molar-refractivity contribution is 0.0488. The molecule has 1 aromatic carbocycles. The molecule has 4 nitrogen and oxygen atoms in total. The molecule has 2 rings (SSSR count). The fraction of sp³-hybridized carbons (Fsp3) is 0.250. The molecule has 1 N–H and O–H groups in total. The monoisotopic (exact) mass is 220 g/mol. The van der Waals surface area contributed by atoms with Crippen LogP contribution in [0.4, 0.5) is 0 Å². The van der Waals surface area contributed by atoms with E-state index >= 15 is 0 Å². The lowest BCUT2D eigenvalue weighted by Crippen LogP contribution is -2.02. The minimum atomic E-state index is -0.645. The van der Waals surface area contributed by atoms with Gasteiger partial charge in [0.25, 0.3) is 5.76 Å². The van der Waals surface area contributed by atoms with Crippen molar-refractivity contribution in [1.82, 2.24) is 0 Å². The summed E-state index contributed by atoms with van der Waals surface area (Å²) >= 11 is 0. The quantitative estimate of drug-likeness (QED) is 0.790. The second-order valence-corrected chi connectivity index (χ2v) is 3.50. The van der Waals surface area contributed by atoms with Crippen LogP contribution >= 0.6 is 0 Å². The van der Waals surface area contributed by atoms with E-state index in [2.05, 4.69) is 0 Å². The summed E-state index contributed by atoms with van der Waals surface area (Å²) in [5, 5.41) is 10.3. The van der Waals surface area contributed by atoms with E-state index in [-0.39, 0.29) is 18.1 Å². The Kier molecular flexibility index (Phi) is 2.56. The molecule has 2 aromatic rings. The number of hydrogen-bond acceptors (Lipinski definition) is 4. The largest absolute Gasteiger partial charge is 0.504 e. The number of aryl methyl sites for hydroxylation is 1. The van der Waals surface area contributed by atoms with Crippen LogP contribution in [0.25, 0.3) is 11.0 Å². The third-order valence-electron chi connectivity index (χ3n) is 2.28. The molecule has 0 fully saturated rings. The topological polar surface area (TPSA) is 59.7 Å². The predicted molar refractivity (Wildman–Crippen MR) is 58.6 cm³/mol. The zero-order chi connectivity index (χ0) is 11.7. The predicted octanol–water partition coefficient (Wildman–Crippen LogP) is 2.62. The summed E-state index contributed by atoms with van der Waals surface area (Å²) in [5.74, 6) is -0.940. The molecule has 0 unspecified atom stereocenters. The number of benzene rings is 1. The Morgan fingerprint density at radius 1 is 1.50 bits per heavy atom. The van der Waals surface area contributed by atoms with Crippen molar-refractivity contribution in [2.45, 2.75) is 13.8 Å². The van der Waals surface area contributed by atoms with Crippen LogP contribution in [-0.2, 0) is 4.74 Å². The Bertz CT molecular complexity index is 539. The number of esters is 1. The van der Waals surface area contributed by atoms with E-state index in [1.165, 1.54) is 0 Å². The van der Waals surface area contributed by atoms with E-state index in [1.807, 2.05) is 13.0 Å². The van der Waals surface area contributed by atoms with Gasteiger partial charge in [-0.1, -0.05) is 6.07 Å². The Morgan fingerprint density at radius 2 is 2.25 bits per heavy atom. The Labute approximate surface area is 92.4 Å². The molecule has 1 heterocycles. The lowest BCUT2D eigenvalue weighted by Gasteiger charge is -1.97. The van der Waals surface area contributed by atoms with Gasteiger partial charge in [-0.3, -0.25) is 0 Å². The first-order chi connectivity index (χ1) is 7.63. The summed E-state index contributed by atoms with van der Waals surface area (Å²) in [4.78, 5) is 11.4. The maximum atomic E-state index is 11.4. The minimum absolute atomic E-state index is 0.137. The molecule has 0 aliphatic heterocycles. The summed E-state index contributed by atoms with van der Waals surface area (Å²) in [5.41, 5.74) is 1.48.